The summed E-state index contributed by atoms with van der Waals surface area (Å²) in [7, 11) is 0. The van der Waals surface area contributed by atoms with Crippen molar-refractivity contribution in [1.29, 1.82) is 0 Å². The van der Waals surface area contributed by atoms with Crippen LogP contribution in [0.2, 0.25) is 0 Å². The van der Waals surface area contributed by atoms with Crippen molar-refractivity contribution in [2.75, 3.05) is 57.4 Å². The van der Waals surface area contributed by atoms with E-state index in [0.29, 0.717) is 6.04 Å². The first kappa shape index (κ1) is 21.7. The SMILES string of the molecule is Cc1ccccc1[C@@H]1CN(Cc2cnc(N3CCOCC3)c3c2C(C)(C)CCO3)CCN1. The van der Waals surface area contributed by atoms with E-state index in [1.54, 1.807) is 0 Å². The summed E-state index contributed by atoms with van der Waals surface area (Å²) in [5, 5.41) is 3.72. The normalized spacial score (nSPS) is 23.5. The van der Waals surface area contributed by atoms with Gasteiger partial charge >= 0.3 is 0 Å². The van der Waals surface area contributed by atoms with Crippen LogP contribution in [0.15, 0.2) is 30.5 Å². The van der Waals surface area contributed by atoms with Gasteiger partial charge in [-0.15, -0.1) is 0 Å². The van der Waals surface area contributed by atoms with Gasteiger partial charge in [-0.3, -0.25) is 4.90 Å². The van der Waals surface area contributed by atoms with Gasteiger partial charge < -0.3 is 19.7 Å². The van der Waals surface area contributed by atoms with Crippen LogP contribution in [0, 0.1) is 6.92 Å². The van der Waals surface area contributed by atoms with Crippen LogP contribution >= 0.6 is 0 Å². The number of nitrogens with zero attached hydrogens (tertiary/aromatic N) is 3. The third kappa shape index (κ3) is 4.24. The number of ether oxygens (including phenoxy) is 2. The van der Waals surface area contributed by atoms with Crippen LogP contribution in [-0.4, -0.2) is 62.4 Å². The Kier molecular flexibility index (Phi) is 6.10. The molecule has 1 N–H and O–H groups in total. The molecule has 4 heterocycles. The van der Waals surface area contributed by atoms with E-state index in [0.717, 1.165) is 77.1 Å². The van der Waals surface area contributed by atoms with Gasteiger partial charge in [0.25, 0.3) is 0 Å². The van der Waals surface area contributed by atoms with Gasteiger partial charge in [-0.1, -0.05) is 38.1 Å². The number of morpholine rings is 1. The second-order valence-corrected chi connectivity index (χ2v) is 9.99. The lowest BCUT2D eigenvalue weighted by molar-refractivity contribution is 0.121. The maximum Gasteiger partial charge on any atom is 0.171 e. The minimum atomic E-state index is 0.0797. The number of aryl methyl sites for hydroxylation is 1. The lowest BCUT2D eigenvalue weighted by atomic mass is 9.77. The Labute approximate surface area is 191 Å². The van der Waals surface area contributed by atoms with Crippen LogP contribution in [0.4, 0.5) is 5.82 Å². The van der Waals surface area contributed by atoms with E-state index in [9.17, 15) is 0 Å². The van der Waals surface area contributed by atoms with Gasteiger partial charge in [0.05, 0.1) is 19.8 Å². The van der Waals surface area contributed by atoms with Crippen LogP contribution in [0.25, 0.3) is 0 Å². The minimum Gasteiger partial charge on any atom is -0.489 e. The second-order valence-electron chi connectivity index (χ2n) is 9.99. The molecule has 6 heteroatoms. The fraction of sp³-hybridized carbons (Fsp3) is 0.577. The summed E-state index contributed by atoms with van der Waals surface area (Å²) in [6.07, 6.45) is 3.15. The van der Waals surface area contributed by atoms with E-state index in [1.165, 1.54) is 22.3 Å². The molecule has 3 aliphatic rings. The number of pyridine rings is 1. The van der Waals surface area contributed by atoms with E-state index in [-0.39, 0.29) is 5.41 Å². The number of fused-ring (bicyclic) bond motifs is 1. The van der Waals surface area contributed by atoms with Gasteiger partial charge in [-0.25, -0.2) is 4.98 Å². The van der Waals surface area contributed by atoms with E-state index in [1.807, 2.05) is 0 Å². The van der Waals surface area contributed by atoms with Crippen LogP contribution in [0.1, 0.15) is 48.6 Å². The highest BCUT2D eigenvalue weighted by atomic mass is 16.5. The van der Waals surface area contributed by atoms with E-state index in [2.05, 4.69) is 66.4 Å². The highest BCUT2D eigenvalue weighted by Crippen LogP contribution is 2.45. The summed E-state index contributed by atoms with van der Waals surface area (Å²) < 4.78 is 11.9. The van der Waals surface area contributed by atoms with E-state index < -0.39 is 0 Å². The first-order chi connectivity index (χ1) is 15.5. The molecule has 0 unspecified atom stereocenters. The molecule has 172 valence electrons. The van der Waals surface area contributed by atoms with Crippen molar-refractivity contribution in [3.05, 3.63) is 52.7 Å². The Morgan fingerprint density at radius 3 is 2.75 bits per heavy atom. The van der Waals surface area contributed by atoms with Gasteiger partial charge in [-0.05, 0) is 35.4 Å². The second kappa shape index (κ2) is 9.00. The van der Waals surface area contributed by atoms with Crippen molar-refractivity contribution in [1.82, 2.24) is 15.2 Å². The third-order valence-corrected chi connectivity index (χ3v) is 7.27. The Bertz CT molecular complexity index is 955. The van der Waals surface area contributed by atoms with Crippen molar-refractivity contribution in [2.24, 2.45) is 0 Å². The molecule has 0 aliphatic carbocycles. The summed E-state index contributed by atoms with van der Waals surface area (Å²) in [4.78, 5) is 9.84. The fourth-order valence-electron chi connectivity index (χ4n) is 5.43. The molecule has 0 bridgehead atoms. The zero-order valence-corrected chi connectivity index (χ0v) is 19.7. The minimum absolute atomic E-state index is 0.0797. The quantitative estimate of drug-likeness (QED) is 0.793. The molecule has 2 saturated heterocycles. The molecular formula is C26H36N4O2. The van der Waals surface area contributed by atoms with Gasteiger partial charge in [0.15, 0.2) is 11.6 Å². The maximum absolute atomic E-state index is 6.30. The fourth-order valence-corrected chi connectivity index (χ4v) is 5.43. The average Bonchev–Trinajstić information content (AvgIpc) is 2.80. The van der Waals surface area contributed by atoms with Crippen LogP contribution < -0.4 is 15.0 Å². The van der Waals surface area contributed by atoms with Crippen molar-refractivity contribution in [3.63, 3.8) is 0 Å². The molecule has 0 amide bonds. The van der Waals surface area contributed by atoms with Crippen LogP contribution in [0.3, 0.4) is 0 Å². The number of rotatable bonds is 4. The maximum atomic E-state index is 6.30. The molecule has 2 aromatic rings. The highest BCUT2D eigenvalue weighted by molar-refractivity contribution is 5.61. The number of hydrogen-bond donors (Lipinski definition) is 1. The topological polar surface area (TPSA) is 49.9 Å². The predicted octanol–water partition coefficient (Wildman–Crippen LogP) is 3.43. The Hall–Kier alpha value is -2.15. The Balaban J connectivity index is 1.43. The molecule has 5 rings (SSSR count). The smallest absolute Gasteiger partial charge is 0.171 e. The monoisotopic (exact) mass is 436 g/mol. The molecule has 32 heavy (non-hydrogen) atoms. The van der Waals surface area contributed by atoms with Gasteiger partial charge in [0.1, 0.15) is 0 Å². The van der Waals surface area contributed by atoms with Crippen LogP contribution in [0.5, 0.6) is 5.75 Å². The van der Waals surface area contributed by atoms with E-state index in [4.69, 9.17) is 14.5 Å². The summed E-state index contributed by atoms with van der Waals surface area (Å²) in [5.74, 6) is 2.00. The third-order valence-electron chi connectivity index (χ3n) is 7.27. The van der Waals surface area contributed by atoms with Crippen molar-refractivity contribution < 1.29 is 9.47 Å². The molecule has 0 saturated carbocycles. The molecule has 6 nitrogen and oxygen atoms in total. The Morgan fingerprint density at radius 2 is 1.94 bits per heavy atom. The molecule has 0 spiro atoms. The molecule has 0 radical (unpaired) electrons. The average molecular weight is 437 g/mol. The Morgan fingerprint density at radius 1 is 1.12 bits per heavy atom. The standard InChI is InChI=1S/C26H36N4O2/c1-19-6-4-5-7-21(19)22-18-29(10-9-27-22)17-20-16-28-25(30-11-14-31-15-12-30)24-23(20)26(2,3)8-13-32-24/h4-7,16,22,27H,8-15,17-18H2,1-3H3/t22-/m0/s1. The summed E-state index contributed by atoms with van der Waals surface area (Å²) >= 11 is 0. The van der Waals surface area contributed by atoms with Gasteiger partial charge in [-0.2, -0.15) is 0 Å². The summed E-state index contributed by atoms with van der Waals surface area (Å²) in [6, 6.07) is 9.10. The first-order valence-corrected chi connectivity index (χ1v) is 12.0. The lowest BCUT2D eigenvalue weighted by Gasteiger charge is -2.39. The van der Waals surface area contributed by atoms with Gasteiger partial charge in [0.2, 0.25) is 0 Å². The zero-order valence-electron chi connectivity index (χ0n) is 19.7. The largest absolute Gasteiger partial charge is 0.489 e. The predicted molar refractivity (Wildman–Crippen MR) is 128 cm³/mol. The number of piperazine rings is 1. The van der Waals surface area contributed by atoms with Gasteiger partial charge in [0, 0.05) is 57.1 Å². The lowest BCUT2D eigenvalue weighted by Crippen LogP contribution is -2.46. The van der Waals surface area contributed by atoms with Crippen LogP contribution in [-0.2, 0) is 16.7 Å². The highest BCUT2D eigenvalue weighted by Gasteiger charge is 2.36. The number of hydrogen-bond acceptors (Lipinski definition) is 6. The molecule has 1 aromatic carbocycles. The zero-order chi connectivity index (χ0) is 22.1. The van der Waals surface area contributed by atoms with Crippen molar-refractivity contribution >= 4 is 5.82 Å². The molecule has 2 fully saturated rings. The molecule has 3 aliphatic heterocycles. The van der Waals surface area contributed by atoms with Crippen molar-refractivity contribution in [3.8, 4) is 5.75 Å². The van der Waals surface area contributed by atoms with Crippen molar-refractivity contribution in [2.45, 2.75) is 45.2 Å². The van der Waals surface area contributed by atoms with E-state index >= 15 is 0 Å². The first-order valence-electron chi connectivity index (χ1n) is 12.0. The molecule has 1 aromatic heterocycles. The number of benzene rings is 1. The number of anilines is 1. The number of aromatic nitrogens is 1. The molecule has 1 atom stereocenters. The summed E-state index contributed by atoms with van der Waals surface area (Å²) in [5.41, 5.74) is 5.51. The number of nitrogens with one attached hydrogen (secondary N) is 1. The molecular weight excluding hydrogens is 400 g/mol. The summed E-state index contributed by atoms with van der Waals surface area (Å²) in [6.45, 7) is 14.9.